The summed E-state index contributed by atoms with van der Waals surface area (Å²) in [5.74, 6) is 4.98. The van der Waals surface area contributed by atoms with Crippen LogP contribution in [0.3, 0.4) is 0 Å². The van der Waals surface area contributed by atoms with E-state index in [-0.39, 0.29) is 30.1 Å². The molecule has 1 saturated heterocycles. The molecule has 7 nitrogen and oxygen atoms in total. The summed E-state index contributed by atoms with van der Waals surface area (Å²) in [6.07, 6.45) is 19.0. The molecule has 5 rings (SSSR count). The van der Waals surface area contributed by atoms with Crippen molar-refractivity contribution in [1.29, 1.82) is 0 Å². The minimum atomic E-state index is -0.768. The van der Waals surface area contributed by atoms with Crippen LogP contribution in [0.2, 0.25) is 0 Å². The molecular formula is C39H64N2O5. The number of carbonyl (C=O) groups excluding carboxylic acids is 2. The lowest BCUT2D eigenvalue weighted by atomic mass is 9.47. The first-order chi connectivity index (χ1) is 22.0. The molecule has 46 heavy (non-hydrogen) atoms. The predicted octanol–water partition coefficient (Wildman–Crippen LogP) is 8.33. The number of rotatable bonds is 12. The van der Waals surface area contributed by atoms with Crippen molar-refractivity contribution in [1.82, 2.24) is 10.2 Å². The van der Waals surface area contributed by atoms with Gasteiger partial charge in [-0.25, -0.2) is 4.79 Å². The number of likely N-dealkylation sites (tertiary alicyclic amines) is 1. The number of unbranched alkanes of at least 4 members (excludes halogenated alkanes) is 2. The van der Waals surface area contributed by atoms with E-state index in [1.165, 1.54) is 51.4 Å². The molecule has 7 heteroatoms. The van der Waals surface area contributed by atoms with E-state index >= 15 is 0 Å². The third-order valence-corrected chi connectivity index (χ3v) is 13.6. The van der Waals surface area contributed by atoms with Crippen molar-refractivity contribution in [2.45, 2.75) is 143 Å². The number of ether oxygens (including phenoxy) is 1. The van der Waals surface area contributed by atoms with Crippen LogP contribution in [0.1, 0.15) is 131 Å². The van der Waals surface area contributed by atoms with E-state index in [1.807, 2.05) is 0 Å². The van der Waals surface area contributed by atoms with Crippen LogP contribution in [0.25, 0.3) is 0 Å². The lowest BCUT2D eigenvalue weighted by molar-refractivity contribution is -0.130. The topological polar surface area (TPSA) is 99.1 Å². The second kappa shape index (κ2) is 15.0. The van der Waals surface area contributed by atoms with Gasteiger partial charge in [-0.2, -0.15) is 0 Å². The number of hydrogen-bond donors (Lipinski definition) is 3. The molecular weight excluding hydrogens is 576 g/mol. The van der Waals surface area contributed by atoms with Crippen LogP contribution in [-0.2, 0) is 9.53 Å². The van der Waals surface area contributed by atoms with Gasteiger partial charge in [0.15, 0.2) is 0 Å². The number of amides is 2. The lowest BCUT2D eigenvalue weighted by Crippen LogP contribution is -2.51. The molecule has 1 heterocycles. The second-order valence-electron chi connectivity index (χ2n) is 16.8. The first-order valence-corrected chi connectivity index (χ1v) is 18.9. The van der Waals surface area contributed by atoms with Crippen LogP contribution in [0.15, 0.2) is 23.5 Å². The number of β-amino-alcohol motifs (C(OH)–C–C–N with tert-alkyl or cyclic N) is 1. The van der Waals surface area contributed by atoms with Crippen LogP contribution < -0.4 is 5.32 Å². The van der Waals surface area contributed by atoms with Gasteiger partial charge in [-0.1, -0.05) is 72.0 Å². The van der Waals surface area contributed by atoms with Crippen molar-refractivity contribution in [3.8, 4) is 0 Å². The number of carbonyl (C=O) groups is 2. The molecule has 2 amide bonds. The molecule has 9 atom stereocenters. The predicted molar refractivity (Wildman–Crippen MR) is 183 cm³/mol. The van der Waals surface area contributed by atoms with Gasteiger partial charge in [-0.3, -0.25) is 4.79 Å². The van der Waals surface area contributed by atoms with Gasteiger partial charge in [0, 0.05) is 31.5 Å². The average molecular weight is 641 g/mol. The molecule has 0 spiro atoms. The van der Waals surface area contributed by atoms with Gasteiger partial charge >= 0.3 is 6.09 Å². The molecule has 0 bridgehead atoms. The quantitative estimate of drug-likeness (QED) is 0.113. The Morgan fingerprint density at radius 2 is 1.85 bits per heavy atom. The van der Waals surface area contributed by atoms with Crippen LogP contribution in [-0.4, -0.2) is 59.0 Å². The first kappa shape index (κ1) is 35.3. The monoisotopic (exact) mass is 640 g/mol. The van der Waals surface area contributed by atoms with Gasteiger partial charge in [-0.15, -0.1) is 0 Å². The number of allylic oxidation sites excluding steroid dienone is 1. The minimum Gasteiger partial charge on any atom is -0.515 e. The zero-order valence-electron chi connectivity index (χ0n) is 29.6. The van der Waals surface area contributed by atoms with E-state index in [2.05, 4.69) is 46.0 Å². The van der Waals surface area contributed by atoms with E-state index in [0.29, 0.717) is 30.5 Å². The van der Waals surface area contributed by atoms with Crippen LogP contribution in [0, 0.1) is 46.3 Å². The first-order valence-electron chi connectivity index (χ1n) is 18.9. The number of aliphatic hydroxyl groups excluding tert-OH is 2. The summed E-state index contributed by atoms with van der Waals surface area (Å²) in [5.41, 5.74) is 2.80. The molecule has 1 aliphatic heterocycles. The van der Waals surface area contributed by atoms with Crippen LogP contribution in [0.5, 0.6) is 0 Å². The van der Waals surface area contributed by atoms with E-state index in [4.69, 9.17) is 9.84 Å². The molecule has 5 aliphatic rings. The molecule has 0 aromatic carbocycles. The van der Waals surface area contributed by atoms with Crippen molar-refractivity contribution < 1.29 is 24.5 Å². The Balaban J connectivity index is 1.04. The molecule has 4 fully saturated rings. The molecule has 0 aromatic rings. The van der Waals surface area contributed by atoms with E-state index in [1.54, 1.807) is 10.5 Å². The summed E-state index contributed by atoms with van der Waals surface area (Å²) < 4.78 is 5.94. The highest BCUT2D eigenvalue weighted by Gasteiger charge is 2.59. The Kier molecular flexibility index (Phi) is 11.5. The zero-order chi connectivity index (χ0) is 33.1. The van der Waals surface area contributed by atoms with Crippen LogP contribution >= 0.6 is 0 Å². The number of alkyl carbamates (subject to hydrolysis) is 1. The van der Waals surface area contributed by atoms with Crippen molar-refractivity contribution in [2.24, 2.45) is 46.3 Å². The highest BCUT2D eigenvalue weighted by molar-refractivity contribution is 5.77. The highest BCUT2D eigenvalue weighted by atomic mass is 16.6. The Bertz CT molecular complexity index is 1130. The normalized spacial score (nSPS) is 37.0. The Morgan fingerprint density at radius 3 is 2.59 bits per heavy atom. The Morgan fingerprint density at radius 1 is 1.04 bits per heavy atom. The van der Waals surface area contributed by atoms with Gasteiger partial charge in [-0.05, 0) is 104 Å². The van der Waals surface area contributed by atoms with Crippen molar-refractivity contribution in [3.05, 3.63) is 23.5 Å². The fourth-order valence-electron chi connectivity index (χ4n) is 10.9. The Hall–Kier alpha value is -2.02. The molecule has 5 unspecified atom stereocenters. The van der Waals surface area contributed by atoms with Gasteiger partial charge in [0.2, 0.25) is 5.91 Å². The van der Waals surface area contributed by atoms with Gasteiger partial charge < -0.3 is 25.2 Å². The highest BCUT2D eigenvalue weighted by Crippen LogP contribution is 2.67. The maximum atomic E-state index is 12.7. The SMILES string of the molecule is CC(C)CCCC(C)[C@H]1CCC2C3CC=C4C[C@@H](OC(=O)NCCCCCC(=O)N5C/C(=C\O)C(O)C5)CC[C@]4(C)C3CC[C@@]21C. The summed E-state index contributed by atoms with van der Waals surface area (Å²) >= 11 is 0. The number of aliphatic hydroxyl groups is 2. The van der Waals surface area contributed by atoms with Gasteiger partial charge in [0.1, 0.15) is 6.10 Å². The molecule has 0 radical (unpaired) electrons. The molecule has 260 valence electrons. The number of fused-ring (bicyclic) bond motifs is 5. The smallest absolute Gasteiger partial charge is 0.407 e. The summed E-state index contributed by atoms with van der Waals surface area (Å²) in [6, 6.07) is 0. The van der Waals surface area contributed by atoms with Crippen molar-refractivity contribution >= 4 is 12.0 Å². The number of nitrogens with zero attached hydrogens (tertiary/aromatic N) is 1. The van der Waals surface area contributed by atoms with Gasteiger partial charge in [0.05, 0.1) is 18.9 Å². The van der Waals surface area contributed by atoms with Crippen molar-refractivity contribution in [2.75, 3.05) is 19.6 Å². The summed E-state index contributed by atoms with van der Waals surface area (Å²) in [6.45, 7) is 13.6. The van der Waals surface area contributed by atoms with Crippen LogP contribution in [0.4, 0.5) is 4.79 Å². The third kappa shape index (κ3) is 7.50. The molecule has 3 N–H and O–H groups in total. The molecule has 4 aliphatic carbocycles. The minimum absolute atomic E-state index is 0.00675. The van der Waals surface area contributed by atoms with E-state index in [0.717, 1.165) is 80.3 Å². The van der Waals surface area contributed by atoms with E-state index in [9.17, 15) is 14.7 Å². The lowest BCUT2D eigenvalue weighted by Gasteiger charge is -2.58. The summed E-state index contributed by atoms with van der Waals surface area (Å²) in [4.78, 5) is 26.6. The maximum Gasteiger partial charge on any atom is 0.407 e. The largest absolute Gasteiger partial charge is 0.515 e. The summed E-state index contributed by atoms with van der Waals surface area (Å²) in [7, 11) is 0. The zero-order valence-corrected chi connectivity index (χ0v) is 29.6. The second-order valence-corrected chi connectivity index (χ2v) is 16.8. The molecule has 0 aromatic heterocycles. The standard InChI is InChI=1S/C39H64N2O5/c1-26(2)10-9-11-27(3)32-15-16-33-31-14-13-29-22-30(17-19-38(29,4)34(31)18-20-39(32,33)5)46-37(45)40-21-8-6-7-12-36(44)41-23-28(25-42)35(43)24-41/h13,25-27,30-35,42-43H,6-12,14-24H2,1-5H3,(H,40,45)/b28-25+/t27?,30-,31?,32+,33?,34?,35?,38-,39+/m0/s1. The summed E-state index contributed by atoms with van der Waals surface area (Å²) in [5, 5.41) is 21.9. The average Bonchev–Trinajstić information content (AvgIpc) is 3.58. The van der Waals surface area contributed by atoms with Gasteiger partial charge in [0.25, 0.3) is 0 Å². The molecule has 3 saturated carbocycles. The third-order valence-electron chi connectivity index (χ3n) is 13.6. The fourth-order valence-corrected chi connectivity index (χ4v) is 10.9. The van der Waals surface area contributed by atoms with E-state index < -0.39 is 6.10 Å². The van der Waals surface area contributed by atoms with Crippen molar-refractivity contribution in [3.63, 3.8) is 0 Å². The fraction of sp³-hybridized carbons (Fsp3) is 0.846. The number of nitrogens with one attached hydrogen (secondary N) is 1. The number of hydrogen-bond acceptors (Lipinski definition) is 5. The Labute approximate surface area is 279 Å². The maximum absolute atomic E-state index is 12.7.